The molecule has 200 valence electrons. The van der Waals surface area contributed by atoms with Crippen molar-refractivity contribution < 1.29 is 4.79 Å². The van der Waals surface area contributed by atoms with Crippen LogP contribution in [0.3, 0.4) is 0 Å². The second kappa shape index (κ2) is 10.1. The zero-order valence-corrected chi connectivity index (χ0v) is 22.5. The van der Waals surface area contributed by atoms with Crippen molar-refractivity contribution in [3.63, 3.8) is 0 Å². The lowest BCUT2D eigenvalue weighted by atomic mass is 9.98. The Balaban J connectivity index is 1.20. The Hall–Kier alpha value is -4.30. The SMILES string of the molecule is C[C@H](C(=O)N1CCN(c2ccc(-c3nc(-c4cnn(C)c4)cn4ncc(C#N)c34)cn2)CC1)C1CCCN1C. The summed E-state index contributed by atoms with van der Waals surface area (Å²) in [5.41, 5.74) is 4.12. The quantitative estimate of drug-likeness (QED) is 0.391. The van der Waals surface area contributed by atoms with Crippen LogP contribution < -0.4 is 4.90 Å². The van der Waals surface area contributed by atoms with Crippen molar-refractivity contribution in [1.29, 1.82) is 5.26 Å². The largest absolute Gasteiger partial charge is 0.353 e. The molecule has 0 saturated carbocycles. The Morgan fingerprint density at radius 3 is 2.49 bits per heavy atom. The van der Waals surface area contributed by atoms with Gasteiger partial charge in [0.05, 0.1) is 35.9 Å². The second-order valence-electron chi connectivity index (χ2n) is 10.5. The number of nitrogens with zero attached hydrogens (tertiary/aromatic N) is 10. The van der Waals surface area contributed by atoms with E-state index >= 15 is 0 Å². The lowest BCUT2D eigenvalue weighted by Crippen LogP contribution is -2.52. The number of rotatable bonds is 5. The molecule has 4 aromatic rings. The van der Waals surface area contributed by atoms with Gasteiger partial charge in [0, 0.05) is 62.8 Å². The molecule has 11 nitrogen and oxygen atoms in total. The lowest BCUT2D eigenvalue weighted by molar-refractivity contribution is -0.137. The van der Waals surface area contributed by atoms with Crippen LogP contribution in [0.5, 0.6) is 0 Å². The second-order valence-corrected chi connectivity index (χ2v) is 10.5. The third-order valence-electron chi connectivity index (χ3n) is 8.10. The maximum absolute atomic E-state index is 13.2. The van der Waals surface area contributed by atoms with Gasteiger partial charge in [0.15, 0.2) is 0 Å². The van der Waals surface area contributed by atoms with E-state index in [0.717, 1.165) is 43.0 Å². The third-order valence-corrected chi connectivity index (χ3v) is 8.10. The number of pyridine rings is 1. The average Bonchev–Trinajstić information content (AvgIpc) is 3.71. The zero-order valence-electron chi connectivity index (χ0n) is 22.5. The van der Waals surface area contributed by atoms with E-state index in [1.807, 2.05) is 36.5 Å². The van der Waals surface area contributed by atoms with E-state index in [-0.39, 0.29) is 11.8 Å². The molecule has 2 saturated heterocycles. The minimum Gasteiger partial charge on any atom is -0.353 e. The molecule has 0 bridgehead atoms. The van der Waals surface area contributed by atoms with Crippen molar-refractivity contribution in [3.05, 3.63) is 48.7 Å². The summed E-state index contributed by atoms with van der Waals surface area (Å²) < 4.78 is 3.42. The van der Waals surface area contributed by atoms with E-state index in [4.69, 9.17) is 9.97 Å². The number of nitriles is 1. The first-order chi connectivity index (χ1) is 18.9. The Labute approximate surface area is 227 Å². The molecule has 0 aromatic carbocycles. The number of hydrogen-bond acceptors (Lipinski definition) is 8. The molecule has 39 heavy (non-hydrogen) atoms. The molecule has 6 heterocycles. The van der Waals surface area contributed by atoms with Gasteiger partial charge in [0.2, 0.25) is 5.91 Å². The molecule has 0 aliphatic carbocycles. The van der Waals surface area contributed by atoms with E-state index in [2.05, 4.69) is 40.0 Å². The molecule has 2 atom stereocenters. The maximum atomic E-state index is 13.2. The van der Waals surface area contributed by atoms with Gasteiger partial charge in [-0.1, -0.05) is 6.92 Å². The highest BCUT2D eigenvalue weighted by molar-refractivity contribution is 5.83. The molecule has 0 radical (unpaired) electrons. The van der Waals surface area contributed by atoms with Gasteiger partial charge in [0.1, 0.15) is 23.0 Å². The fraction of sp³-hybridized carbons (Fsp3) is 0.429. The highest BCUT2D eigenvalue weighted by atomic mass is 16.2. The first-order valence-corrected chi connectivity index (χ1v) is 13.4. The Morgan fingerprint density at radius 2 is 1.85 bits per heavy atom. The average molecular weight is 525 g/mol. The fourth-order valence-corrected chi connectivity index (χ4v) is 5.88. The molecule has 2 aliphatic rings. The predicted octanol–water partition coefficient (Wildman–Crippen LogP) is 2.44. The van der Waals surface area contributed by atoms with E-state index in [1.54, 1.807) is 27.8 Å². The molecule has 4 aromatic heterocycles. The van der Waals surface area contributed by atoms with Crippen LogP contribution in [0.25, 0.3) is 28.0 Å². The molecule has 1 amide bonds. The van der Waals surface area contributed by atoms with Gasteiger partial charge in [-0.25, -0.2) is 14.5 Å². The van der Waals surface area contributed by atoms with Crippen molar-refractivity contribution in [1.82, 2.24) is 39.2 Å². The van der Waals surface area contributed by atoms with Gasteiger partial charge in [0.25, 0.3) is 0 Å². The summed E-state index contributed by atoms with van der Waals surface area (Å²) in [6.07, 6.45) is 11.1. The van der Waals surface area contributed by atoms with Crippen LogP contribution in [0.4, 0.5) is 5.82 Å². The van der Waals surface area contributed by atoms with E-state index < -0.39 is 0 Å². The van der Waals surface area contributed by atoms with Crippen LogP contribution in [-0.4, -0.2) is 90.9 Å². The molecule has 2 fully saturated rings. The lowest BCUT2D eigenvalue weighted by Gasteiger charge is -2.38. The molecular formula is C28H32N10O. The Morgan fingerprint density at radius 1 is 1.03 bits per heavy atom. The number of piperazine rings is 1. The molecule has 1 unspecified atom stereocenters. The van der Waals surface area contributed by atoms with E-state index in [9.17, 15) is 10.1 Å². The van der Waals surface area contributed by atoms with Gasteiger partial charge >= 0.3 is 0 Å². The summed E-state index contributed by atoms with van der Waals surface area (Å²) in [7, 11) is 3.98. The van der Waals surface area contributed by atoms with Crippen LogP contribution in [-0.2, 0) is 11.8 Å². The number of aryl methyl sites for hydroxylation is 1. The normalized spacial score (nSPS) is 19.0. The predicted molar refractivity (Wildman–Crippen MR) is 147 cm³/mol. The van der Waals surface area contributed by atoms with Crippen molar-refractivity contribution in [2.24, 2.45) is 13.0 Å². The number of anilines is 1. The maximum Gasteiger partial charge on any atom is 0.227 e. The molecule has 6 rings (SSSR count). The van der Waals surface area contributed by atoms with Crippen LogP contribution in [0, 0.1) is 17.2 Å². The number of amides is 1. The van der Waals surface area contributed by atoms with Gasteiger partial charge in [-0.15, -0.1) is 0 Å². The van der Waals surface area contributed by atoms with Crippen LogP contribution in [0.2, 0.25) is 0 Å². The van der Waals surface area contributed by atoms with Crippen molar-refractivity contribution >= 4 is 17.2 Å². The molecular weight excluding hydrogens is 492 g/mol. The highest BCUT2D eigenvalue weighted by Crippen LogP contribution is 2.30. The number of carbonyl (C=O) groups is 1. The highest BCUT2D eigenvalue weighted by Gasteiger charge is 2.34. The molecule has 0 N–H and O–H groups in total. The smallest absolute Gasteiger partial charge is 0.227 e. The molecule has 11 heteroatoms. The monoisotopic (exact) mass is 524 g/mol. The summed E-state index contributed by atoms with van der Waals surface area (Å²) >= 11 is 0. The van der Waals surface area contributed by atoms with E-state index in [0.29, 0.717) is 41.6 Å². The first-order valence-electron chi connectivity index (χ1n) is 13.4. The standard InChI is InChI=1S/C28H32N10O/c1-19(24-5-4-8-34(24)2)28(39)37-11-9-36(10-12-37)25-7-6-20(14-30-25)26-27-21(13-29)15-32-38(27)18-23(33-26)22-16-31-35(3)17-22/h6-7,14-19,24H,4-5,8-12H2,1-3H3/t19-,24?/m0/s1. The fourth-order valence-electron chi connectivity index (χ4n) is 5.88. The minimum absolute atomic E-state index is 0.0232. The van der Waals surface area contributed by atoms with Gasteiger partial charge in [-0.2, -0.15) is 15.5 Å². The summed E-state index contributed by atoms with van der Waals surface area (Å²) in [6, 6.07) is 6.54. The topological polar surface area (TPSA) is 111 Å². The van der Waals surface area contributed by atoms with Gasteiger partial charge in [-0.3, -0.25) is 9.48 Å². The van der Waals surface area contributed by atoms with Crippen LogP contribution in [0.1, 0.15) is 25.3 Å². The molecule has 2 aliphatic heterocycles. The number of fused-ring (bicyclic) bond motifs is 1. The minimum atomic E-state index is 0.0232. The summed E-state index contributed by atoms with van der Waals surface area (Å²) in [6.45, 7) is 6.02. The first kappa shape index (κ1) is 25.0. The number of aromatic nitrogens is 6. The van der Waals surface area contributed by atoms with Crippen molar-refractivity contribution in [2.75, 3.05) is 44.7 Å². The Kier molecular flexibility index (Phi) is 6.48. The third kappa shape index (κ3) is 4.61. The van der Waals surface area contributed by atoms with Crippen molar-refractivity contribution in [2.45, 2.75) is 25.8 Å². The van der Waals surface area contributed by atoms with Gasteiger partial charge < -0.3 is 14.7 Å². The summed E-state index contributed by atoms with van der Waals surface area (Å²) in [4.78, 5) is 29.4. The number of likely N-dealkylation sites (tertiary alicyclic amines) is 1. The van der Waals surface area contributed by atoms with Crippen molar-refractivity contribution in [3.8, 4) is 28.6 Å². The number of hydrogen-bond donors (Lipinski definition) is 0. The van der Waals surface area contributed by atoms with Crippen LogP contribution in [0.15, 0.2) is 43.1 Å². The summed E-state index contributed by atoms with van der Waals surface area (Å²) in [5.74, 6) is 1.15. The molecule has 0 spiro atoms. The number of carbonyl (C=O) groups excluding carboxylic acids is 1. The van der Waals surface area contributed by atoms with Crippen LogP contribution >= 0.6 is 0 Å². The zero-order chi connectivity index (χ0) is 27.1. The van der Waals surface area contributed by atoms with E-state index in [1.165, 1.54) is 6.42 Å². The Bertz CT molecular complexity index is 1540. The van der Waals surface area contributed by atoms with Gasteiger partial charge in [-0.05, 0) is 38.6 Å². The summed E-state index contributed by atoms with van der Waals surface area (Å²) in [5, 5.41) is 18.3.